The number of carbonyl (C=O) groups excluding carboxylic acids is 1. The van der Waals surface area contributed by atoms with E-state index in [2.05, 4.69) is 34.0 Å². The van der Waals surface area contributed by atoms with Gasteiger partial charge in [-0.05, 0) is 30.5 Å². The van der Waals surface area contributed by atoms with Crippen LogP contribution in [0.5, 0.6) is 0 Å². The molecule has 0 fully saturated rings. The number of hydrogen-bond acceptors (Lipinski definition) is 8. The van der Waals surface area contributed by atoms with Gasteiger partial charge in [-0.3, -0.25) is 4.79 Å². The van der Waals surface area contributed by atoms with Gasteiger partial charge in [-0.25, -0.2) is 23.4 Å². The highest BCUT2D eigenvalue weighted by atomic mass is 32.2. The number of sulfone groups is 1. The number of benzene rings is 1. The van der Waals surface area contributed by atoms with Crippen molar-refractivity contribution in [3.05, 3.63) is 41.0 Å². The normalized spacial score (nSPS) is 16.3. The molecule has 1 aromatic carbocycles. The summed E-state index contributed by atoms with van der Waals surface area (Å²) >= 11 is 0. The number of carbonyl (C=O) groups is 1. The fourth-order valence-electron chi connectivity index (χ4n) is 4.46. The van der Waals surface area contributed by atoms with Gasteiger partial charge in [-0.15, -0.1) is 0 Å². The highest BCUT2D eigenvalue weighted by Gasteiger charge is 2.35. The van der Waals surface area contributed by atoms with E-state index in [1.54, 1.807) is 26.1 Å². The number of aromatic nitrogens is 4. The molecule has 3 heterocycles. The molecule has 33 heavy (non-hydrogen) atoms. The number of anilines is 1. The molecule has 11 heteroatoms. The minimum atomic E-state index is -3.51. The minimum absolute atomic E-state index is 0.118. The molecule has 0 saturated carbocycles. The molecule has 0 bridgehead atoms. The third kappa shape index (κ3) is 3.95. The van der Waals surface area contributed by atoms with Crippen molar-refractivity contribution in [3.8, 4) is 0 Å². The highest BCUT2D eigenvalue weighted by molar-refractivity contribution is 7.90. The minimum Gasteiger partial charge on any atom is -0.392 e. The van der Waals surface area contributed by atoms with E-state index >= 15 is 0 Å². The van der Waals surface area contributed by atoms with Gasteiger partial charge in [0.15, 0.2) is 9.84 Å². The predicted octanol–water partition coefficient (Wildman–Crippen LogP) is 1.61. The van der Waals surface area contributed by atoms with Crippen molar-refractivity contribution >= 4 is 32.7 Å². The maximum absolute atomic E-state index is 12.3. The summed E-state index contributed by atoms with van der Waals surface area (Å²) in [5, 5.41) is 12.3. The van der Waals surface area contributed by atoms with Gasteiger partial charge in [-0.1, -0.05) is 13.8 Å². The first kappa shape index (κ1) is 23.1. The Balaban J connectivity index is 1.84. The lowest BCUT2D eigenvalue weighted by Crippen LogP contribution is -2.42. The second-order valence-corrected chi connectivity index (χ2v) is 10.6. The Bertz CT molecular complexity index is 1350. The molecule has 4 rings (SSSR count). The molecule has 2 N–H and O–H groups in total. The molecule has 0 unspecified atom stereocenters. The summed E-state index contributed by atoms with van der Waals surface area (Å²) in [6.45, 7) is 6.72. The van der Waals surface area contributed by atoms with E-state index in [0.29, 0.717) is 41.4 Å². The predicted molar refractivity (Wildman–Crippen MR) is 124 cm³/mol. The summed E-state index contributed by atoms with van der Waals surface area (Å²) in [6, 6.07) is 3.10. The number of amides is 1. The van der Waals surface area contributed by atoms with E-state index in [1.165, 1.54) is 6.20 Å². The summed E-state index contributed by atoms with van der Waals surface area (Å²) in [6.07, 6.45) is 2.68. The van der Waals surface area contributed by atoms with E-state index < -0.39 is 9.84 Å². The average molecular weight is 473 g/mol. The number of hydrogen-bond donors (Lipinski definition) is 2. The standard InChI is InChI=1S/C22H28N6O4S/c1-12(2)19-20-26-16-8-14(11-29)18(33(5,31)32)9-17(16)27(20)6-7-28(19)22-24-10-15(13(3)25-22)21(30)23-4/h8-10,12,19,29H,6-7,11H2,1-5H3,(H,23,30)/t19-/m1/s1. The van der Waals surface area contributed by atoms with Crippen LogP contribution in [0.2, 0.25) is 0 Å². The van der Waals surface area contributed by atoms with Gasteiger partial charge in [-0.2, -0.15) is 0 Å². The average Bonchev–Trinajstić information content (AvgIpc) is 3.13. The van der Waals surface area contributed by atoms with Gasteiger partial charge in [0.05, 0.1) is 39.8 Å². The summed E-state index contributed by atoms with van der Waals surface area (Å²) in [4.78, 5) is 28.1. The van der Waals surface area contributed by atoms with Gasteiger partial charge in [0.2, 0.25) is 5.95 Å². The Morgan fingerprint density at radius 3 is 2.58 bits per heavy atom. The Labute approximate surface area is 192 Å². The SMILES string of the molecule is CNC(=O)c1cnc(N2CCn3c(nc4cc(CO)c(S(C)(=O)=O)cc43)[C@H]2C(C)C)nc1C. The van der Waals surface area contributed by atoms with Crippen molar-refractivity contribution in [1.82, 2.24) is 24.8 Å². The van der Waals surface area contributed by atoms with Crippen LogP contribution in [0.15, 0.2) is 23.2 Å². The van der Waals surface area contributed by atoms with Crippen LogP contribution >= 0.6 is 0 Å². The van der Waals surface area contributed by atoms with Crippen LogP contribution in [0.3, 0.4) is 0 Å². The van der Waals surface area contributed by atoms with Crippen LogP contribution in [-0.2, 0) is 23.0 Å². The van der Waals surface area contributed by atoms with Crippen molar-refractivity contribution in [2.24, 2.45) is 5.92 Å². The molecule has 0 radical (unpaired) electrons. The van der Waals surface area contributed by atoms with E-state index in [9.17, 15) is 18.3 Å². The Morgan fingerprint density at radius 1 is 1.27 bits per heavy atom. The largest absolute Gasteiger partial charge is 0.392 e. The summed E-state index contributed by atoms with van der Waals surface area (Å²) in [7, 11) is -1.94. The molecule has 10 nitrogen and oxygen atoms in total. The van der Waals surface area contributed by atoms with Crippen molar-refractivity contribution in [3.63, 3.8) is 0 Å². The molecule has 1 amide bonds. The fourth-order valence-corrected chi connectivity index (χ4v) is 5.39. The molecular formula is C22H28N6O4S. The zero-order chi connectivity index (χ0) is 24.1. The van der Waals surface area contributed by atoms with E-state index in [1.807, 2.05) is 4.57 Å². The zero-order valence-corrected chi connectivity index (χ0v) is 20.1. The number of aliphatic hydroxyl groups is 1. The Kier molecular flexibility index (Phi) is 5.87. The number of rotatable bonds is 5. The third-order valence-electron chi connectivity index (χ3n) is 6.02. The topological polar surface area (TPSA) is 130 Å². The van der Waals surface area contributed by atoms with E-state index in [-0.39, 0.29) is 29.4 Å². The number of aliphatic hydroxyl groups excluding tert-OH is 1. The zero-order valence-electron chi connectivity index (χ0n) is 19.3. The lowest BCUT2D eigenvalue weighted by Gasteiger charge is -2.38. The second kappa shape index (κ2) is 8.38. The number of imidazole rings is 1. The lowest BCUT2D eigenvalue weighted by atomic mass is 10.00. The first-order valence-electron chi connectivity index (χ1n) is 10.7. The smallest absolute Gasteiger partial charge is 0.254 e. The number of nitrogens with one attached hydrogen (secondary N) is 1. The molecule has 176 valence electrons. The molecule has 0 saturated heterocycles. The maximum Gasteiger partial charge on any atom is 0.254 e. The Hall–Kier alpha value is -3.05. The summed E-state index contributed by atoms with van der Waals surface area (Å²) in [5.74, 6) is 1.22. The van der Waals surface area contributed by atoms with Crippen LogP contribution in [0.25, 0.3) is 11.0 Å². The van der Waals surface area contributed by atoms with Crippen molar-refractivity contribution in [1.29, 1.82) is 0 Å². The number of fused-ring (bicyclic) bond motifs is 3. The van der Waals surface area contributed by atoms with Crippen molar-refractivity contribution < 1.29 is 18.3 Å². The number of nitrogens with zero attached hydrogens (tertiary/aromatic N) is 5. The van der Waals surface area contributed by atoms with Gasteiger partial charge in [0.1, 0.15) is 5.82 Å². The molecular weight excluding hydrogens is 444 g/mol. The van der Waals surface area contributed by atoms with Gasteiger partial charge >= 0.3 is 0 Å². The lowest BCUT2D eigenvalue weighted by molar-refractivity contribution is 0.0961. The van der Waals surface area contributed by atoms with Gasteiger partial charge < -0.3 is 19.9 Å². The second-order valence-electron chi connectivity index (χ2n) is 8.63. The maximum atomic E-state index is 12.3. The van der Waals surface area contributed by atoms with Crippen LogP contribution in [0, 0.1) is 12.8 Å². The fraction of sp³-hybridized carbons (Fsp3) is 0.455. The van der Waals surface area contributed by atoms with Crippen LogP contribution in [0.4, 0.5) is 5.95 Å². The van der Waals surface area contributed by atoms with Crippen LogP contribution in [0.1, 0.15) is 47.3 Å². The molecule has 3 aromatic rings. The van der Waals surface area contributed by atoms with Gasteiger partial charge in [0, 0.05) is 32.6 Å². The number of aryl methyl sites for hydroxylation is 1. The molecule has 0 spiro atoms. The van der Waals surface area contributed by atoms with Crippen molar-refractivity contribution in [2.45, 2.75) is 44.9 Å². The Morgan fingerprint density at radius 2 is 2.00 bits per heavy atom. The molecule has 0 aliphatic carbocycles. The quantitative estimate of drug-likeness (QED) is 0.573. The molecule has 1 atom stereocenters. The molecule has 1 aliphatic rings. The first-order chi connectivity index (χ1) is 15.6. The van der Waals surface area contributed by atoms with Crippen LogP contribution < -0.4 is 10.2 Å². The first-order valence-corrected chi connectivity index (χ1v) is 12.6. The van der Waals surface area contributed by atoms with Gasteiger partial charge in [0.25, 0.3) is 5.91 Å². The van der Waals surface area contributed by atoms with E-state index in [0.717, 1.165) is 17.6 Å². The molecule has 1 aliphatic heterocycles. The summed E-state index contributed by atoms with van der Waals surface area (Å²) in [5.41, 5.74) is 2.71. The monoisotopic (exact) mass is 472 g/mol. The van der Waals surface area contributed by atoms with Crippen LogP contribution in [-0.4, -0.2) is 58.8 Å². The molecule has 2 aromatic heterocycles. The highest BCUT2D eigenvalue weighted by Crippen LogP contribution is 2.37. The third-order valence-corrected chi connectivity index (χ3v) is 7.20. The van der Waals surface area contributed by atoms with Crippen molar-refractivity contribution in [2.75, 3.05) is 24.7 Å². The summed E-state index contributed by atoms with van der Waals surface area (Å²) < 4.78 is 26.6. The van der Waals surface area contributed by atoms with E-state index in [4.69, 9.17) is 4.98 Å².